The molecule has 1 aromatic rings. The first kappa shape index (κ1) is 25.5. The number of amides is 3. The van der Waals surface area contributed by atoms with Crippen LogP contribution in [0.5, 0.6) is 0 Å². The summed E-state index contributed by atoms with van der Waals surface area (Å²) in [6.07, 6.45) is -0.481. The van der Waals surface area contributed by atoms with Crippen molar-refractivity contribution in [2.45, 2.75) is 37.4 Å². The van der Waals surface area contributed by atoms with Gasteiger partial charge >= 0.3 is 11.9 Å². The molecule has 0 radical (unpaired) electrons. The van der Waals surface area contributed by atoms with E-state index in [-0.39, 0.29) is 12.8 Å². The fourth-order valence-corrected chi connectivity index (χ4v) is 2.50. The highest BCUT2D eigenvalue weighted by Gasteiger charge is 2.25. The lowest BCUT2D eigenvalue weighted by Gasteiger charge is -2.20. The van der Waals surface area contributed by atoms with E-state index < -0.39 is 67.4 Å². The average Bonchev–Trinajstić information content (AvgIpc) is 2.73. The highest BCUT2D eigenvalue weighted by molar-refractivity contribution is 5.92. The molecule has 3 amide bonds. The van der Waals surface area contributed by atoms with Crippen LogP contribution in [0.2, 0.25) is 0 Å². The van der Waals surface area contributed by atoms with Crippen molar-refractivity contribution in [2.75, 3.05) is 13.2 Å². The molecule has 0 fully saturated rings. The number of rotatable bonds is 13. The minimum Gasteiger partial charge on any atom is -0.481 e. The van der Waals surface area contributed by atoms with Gasteiger partial charge in [0.1, 0.15) is 12.1 Å². The number of hydrogen-bond acceptors (Lipinski definition) is 7. The van der Waals surface area contributed by atoms with Gasteiger partial charge in [-0.2, -0.15) is 0 Å². The van der Waals surface area contributed by atoms with Crippen molar-refractivity contribution in [2.24, 2.45) is 5.73 Å². The molecule has 31 heavy (non-hydrogen) atoms. The molecule has 0 aromatic heterocycles. The Hall–Kier alpha value is -3.51. The molecule has 3 atom stereocenters. The van der Waals surface area contributed by atoms with Crippen LogP contribution in [0.4, 0.5) is 0 Å². The topological polar surface area (TPSA) is 208 Å². The van der Waals surface area contributed by atoms with E-state index in [0.29, 0.717) is 0 Å². The number of carboxylic acids is 2. The van der Waals surface area contributed by atoms with Crippen molar-refractivity contribution in [3.63, 3.8) is 0 Å². The van der Waals surface area contributed by atoms with Gasteiger partial charge in [0.25, 0.3) is 0 Å². The van der Waals surface area contributed by atoms with E-state index in [2.05, 4.69) is 10.6 Å². The highest BCUT2D eigenvalue weighted by Crippen LogP contribution is 2.04. The molecule has 1 aromatic carbocycles. The molecule has 0 saturated heterocycles. The predicted molar refractivity (Wildman–Crippen MR) is 107 cm³/mol. The number of hydrogen-bond donors (Lipinski definition) is 7. The van der Waals surface area contributed by atoms with Gasteiger partial charge in [-0.25, -0.2) is 4.79 Å². The van der Waals surface area contributed by atoms with Crippen molar-refractivity contribution in [1.29, 1.82) is 0 Å². The van der Waals surface area contributed by atoms with E-state index >= 15 is 0 Å². The SMILES string of the molecule is NC(Cc1ccccc1)C(=O)NC(CCC(=O)O)C(=O)NCC(=O)NC(CO)C(=O)O. The molecule has 0 spiro atoms. The third-order valence-electron chi connectivity index (χ3n) is 4.15. The first-order valence-electron chi connectivity index (χ1n) is 9.36. The maximum Gasteiger partial charge on any atom is 0.328 e. The minimum atomic E-state index is -1.54. The van der Waals surface area contributed by atoms with Crippen LogP contribution >= 0.6 is 0 Å². The fourth-order valence-electron chi connectivity index (χ4n) is 2.50. The number of aliphatic hydroxyl groups is 1. The second-order valence-corrected chi connectivity index (χ2v) is 6.65. The van der Waals surface area contributed by atoms with E-state index in [1.807, 2.05) is 5.32 Å². The van der Waals surface area contributed by atoms with E-state index in [0.717, 1.165) is 5.56 Å². The van der Waals surface area contributed by atoms with Crippen LogP contribution < -0.4 is 21.7 Å². The number of aliphatic carboxylic acids is 2. The number of carbonyl (C=O) groups excluding carboxylic acids is 3. The van der Waals surface area contributed by atoms with Crippen molar-refractivity contribution in [3.05, 3.63) is 35.9 Å². The number of benzene rings is 1. The highest BCUT2D eigenvalue weighted by atomic mass is 16.4. The molecule has 0 aliphatic carbocycles. The summed E-state index contributed by atoms with van der Waals surface area (Å²) in [6, 6.07) is 5.10. The van der Waals surface area contributed by atoms with E-state index in [4.69, 9.17) is 21.1 Å². The van der Waals surface area contributed by atoms with Gasteiger partial charge < -0.3 is 37.0 Å². The van der Waals surface area contributed by atoms with Crippen LogP contribution in [0.15, 0.2) is 30.3 Å². The Morgan fingerprint density at radius 2 is 1.58 bits per heavy atom. The zero-order chi connectivity index (χ0) is 23.4. The first-order valence-corrected chi connectivity index (χ1v) is 9.36. The first-order chi connectivity index (χ1) is 14.6. The molecule has 0 aliphatic rings. The lowest BCUT2D eigenvalue weighted by Crippen LogP contribution is -2.54. The third kappa shape index (κ3) is 9.69. The summed E-state index contributed by atoms with van der Waals surface area (Å²) in [5, 5.41) is 33.1. The molecule has 0 aliphatic heterocycles. The number of aliphatic hydroxyl groups excluding tert-OH is 1. The van der Waals surface area contributed by atoms with E-state index in [1.165, 1.54) is 0 Å². The summed E-state index contributed by atoms with van der Waals surface area (Å²) in [5.41, 5.74) is 6.67. The maximum absolute atomic E-state index is 12.4. The lowest BCUT2D eigenvalue weighted by atomic mass is 10.0. The summed E-state index contributed by atoms with van der Waals surface area (Å²) in [5.74, 6) is -5.05. The summed E-state index contributed by atoms with van der Waals surface area (Å²) >= 11 is 0. The van der Waals surface area contributed by atoms with Crippen LogP contribution in [0.3, 0.4) is 0 Å². The molecular weight excluding hydrogens is 412 g/mol. The number of nitrogens with two attached hydrogens (primary N) is 1. The van der Waals surface area contributed by atoms with Gasteiger partial charge in [-0.1, -0.05) is 30.3 Å². The number of carboxylic acid groups (broad SMARTS) is 2. The van der Waals surface area contributed by atoms with E-state index in [1.54, 1.807) is 30.3 Å². The zero-order valence-corrected chi connectivity index (χ0v) is 16.6. The smallest absolute Gasteiger partial charge is 0.328 e. The number of nitrogens with one attached hydrogen (secondary N) is 3. The van der Waals surface area contributed by atoms with Gasteiger partial charge in [0, 0.05) is 6.42 Å². The summed E-state index contributed by atoms with van der Waals surface area (Å²) in [4.78, 5) is 58.1. The Kier molecular flexibility index (Phi) is 10.6. The van der Waals surface area contributed by atoms with Gasteiger partial charge in [0.15, 0.2) is 0 Å². The van der Waals surface area contributed by atoms with Crippen LogP contribution in [0.25, 0.3) is 0 Å². The van der Waals surface area contributed by atoms with Gasteiger partial charge in [-0.15, -0.1) is 0 Å². The largest absolute Gasteiger partial charge is 0.481 e. The second kappa shape index (κ2) is 12.9. The van der Waals surface area contributed by atoms with Gasteiger partial charge in [0.2, 0.25) is 17.7 Å². The lowest BCUT2D eigenvalue weighted by molar-refractivity contribution is -0.142. The Labute approximate surface area is 177 Å². The van der Waals surface area contributed by atoms with Crippen molar-refractivity contribution in [3.8, 4) is 0 Å². The zero-order valence-electron chi connectivity index (χ0n) is 16.6. The van der Waals surface area contributed by atoms with Crippen LogP contribution in [0, 0.1) is 0 Å². The number of carbonyl (C=O) groups is 5. The minimum absolute atomic E-state index is 0.195. The quantitative estimate of drug-likeness (QED) is 0.175. The standard InChI is InChI=1S/C19H26N4O8/c20-12(8-11-4-2-1-3-5-11)17(28)23-13(6-7-16(26)27)18(29)21-9-15(25)22-14(10-24)19(30)31/h1-5,12-14,24H,6-10,20H2,(H,21,29)(H,22,25)(H,23,28)(H,26,27)(H,30,31). The second-order valence-electron chi connectivity index (χ2n) is 6.65. The summed E-state index contributed by atoms with van der Waals surface area (Å²) < 4.78 is 0. The third-order valence-corrected chi connectivity index (χ3v) is 4.15. The Balaban J connectivity index is 2.68. The van der Waals surface area contributed by atoms with Crippen molar-refractivity contribution in [1.82, 2.24) is 16.0 Å². The van der Waals surface area contributed by atoms with Crippen LogP contribution in [-0.4, -0.2) is 76.3 Å². The van der Waals surface area contributed by atoms with Crippen LogP contribution in [-0.2, 0) is 30.4 Å². The van der Waals surface area contributed by atoms with Crippen LogP contribution in [0.1, 0.15) is 18.4 Å². The molecule has 12 nitrogen and oxygen atoms in total. The fraction of sp³-hybridized carbons (Fsp3) is 0.421. The van der Waals surface area contributed by atoms with Crippen molar-refractivity contribution < 1.29 is 39.3 Å². The normalized spacial score (nSPS) is 13.4. The summed E-state index contributed by atoms with van der Waals surface area (Å²) in [7, 11) is 0. The molecule has 0 heterocycles. The van der Waals surface area contributed by atoms with E-state index in [9.17, 15) is 24.0 Å². The van der Waals surface area contributed by atoms with Crippen molar-refractivity contribution >= 4 is 29.7 Å². The molecule has 12 heteroatoms. The van der Waals surface area contributed by atoms with Gasteiger partial charge in [-0.3, -0.25) is 19.2 Å². The molecule has 0 saturated carbocycles. The monoisotopic (exact) mass is 438 g/mol. The molecule has 1 rings (SSSR count). The summed E-state index contributed by atoms with van der Waals surface area (Å²) in [6.45, 7) is -1.48. The Morgan fingerprint density at radius 1 is 0.935 bits per heavy atom. The Bertz CT molecular complexity index is 786. The Morgan fingerprint density at radius 3 is 2.13 bits per heavy atom. The predicted octanol–water partition coefficient (Wildman–Crippen LogP) is -2.42. The molecule has 170 valence electrons. The molecule has 0 bridgehead atoms. The van der Waals surface area contributed by atoms with Gasteiger partial charge in [-0.05, 0) is 18.4 Å². The molecule has 8 N–H and O–H groups in total. The maximum atomic E-state index is 12.4. The van der Waals surface area contributed by atoms with Gasteiger partial charge in [0.05, 0.1) is 19.2 Å². The average molecular weight is 438 g/mol. The molecular formula is C19H26N4O8. The molecule has 3 unspecified atom stereocenters.